The summed E-state index contributed by atoms with van der Waals surface area (Å²) in [7, 11) is 0. The predicted octanol–water partition coefficient (Wildman–Crippen LogP) is 3.49. The molecule has 2 nitrogen and oxygen atoms in total. The second-order valence-corrected chi connectivity index (χ2v) is 6.16. The van der Waals surface area contributed by atoms with Crippen molar-refractivity contribution in [2.45, 2.75) is 30.6 Å². The number of thioether (sulfide) groups is 1. The van der Waals surface area contributed by atoms with Gasteiger partial charge in [-0.1, -0.05) is 29.4 Å². The summed E-state index contributed by atoms with van der Waals surface area (Å²) in [6, 6.07) is 0.576. The summed E-state index contributed by atoms with van der Waals surface area (Å²) in [5.74, 6) is 0. The Bertz CT molecular complexity index is 303. The van der Waals surface area contributed by atoms with Gasteiger partial charge in [0.1, 0.15) is 4.34 Å². The molecule has 1 aromatic rings. The van der Waals surface area contributed by atoms with Gasteiger partial charge in [-0.05, 0) is 19.1 Å². The van der Waals surface area contributed by atoms with Gasteiger partial charge in [0.15, 0.2) is 5.13 Å². The van der Waals surface area contributed by atoms with Crippen molar-refractivity contribution in [1.82, 2.24) is 4.98 Å². The minimum atomic E-state index is 0.576. The van der Waals surface area contributed by atoms with Gasteiger partial charge in [-0.2, -0.15) is 11.8 Å². The highest BCUT2D eigenvalue weighted by atomic mass is 35.5. The van der Waals surface area contributed by atoms with Crippen LogP contribution in [0.5, 0.6) is 0 Å². The van der Waals surface area contributed by atoms with E-state index in [1.165, 1.54) is 30.6 Å². The largest absolute Gasteiger partial charge is 0.358 e. The van der Waals surface area contributed by atoms with Gasteiger partial charge in [-0.25, -0.2) is 4.98 Å². The van der Waals surface area contributed by atoms with Crippen LogP contribution >= 0.6 is 34.7 Å². The van der Waals surface area contributed by atoms with Crippen LogP contribution in [0, 0.1) is 0 Å². The number of halogens is 1. The van der Waals surface area contributed by atoms with Gasteiger partial charge in [0.25, 0.3) is 0 Å². The number of aromatic nitrogens is 1. The molecule has 14 heavy (non-hydrogen) atoms. The van der Waals surface area contributed by atoms with Crippen LogP contribution in [-0.4, -0.2) is 22.5 Å². The molecule has 0 aliphatic heterocycles. The summed E-state index contributed by atoms with van der Waals surface area (Å²) in [6.45, 7) is 0. The number of thiazole rings is 1. The van der Waals surface area contributed by atoms with Gasteiger partial charge < -0.3 is 5.32 Å². The van der Waals surface area contributed by atoms with Crippen LogP contribution in [0.25, 0.3) is 0 Å². The van der Waals surface area contributed by atoms with Crippen LogP contribution in [0.1, 0.15) is 19.3 Å². The van der Waals surface area contributed by atoms with Gasteiger partial charge in [0.05, 0.1) is 6.20 Å². The monoisotopic (exact) mass is 248 g/mol. The second-order valence-electron chi connectivity index (χ2n) is 3.43. The molecule has 2 unspecified atom stereocenters. The summed E-state index contributed by atoms with van der Waals surface area (Å²) in [5, 5.41) is 5.16. The van der Waals surface area contributed by atoms with Crippen LogP contribution < -0.4 is 5.32 Å². The summed E-state index contributed by atoms with van der Waals surface area (Å²) < 4.78 is 0.756. The van der Waals surface area contributed by atoms with E-state index < -0.39 is 0 Å². The number of anilines is 1. The summed E-state index contributed by atoms with van der Waals surface area (Å²) in [4.78, 5) is 4.21. The van der Waals surface area contributed by atoms with Crippen molar-refractivity contribution in [2.24, 2.45) is 0 Å². The van der Waals surface area contributed by atoms with Gasteiger partial charge >= 0.3 is 0 Å². The third-order valence-electron chi connectivity index (χ3n) is 2.54. The molecule has 1 aromatic heterocycles. The zero-order valence-electron chi connectivity index (χ0n) is 8.00. The van der Waals surface area contributed by atoms with Gasteiger partial charge in [0, 0.05) is 11.3 Å². The van der Waals surface area contributed by atoms with E-state index in [2.05, 4.69) is 16.6 Å². The van der Waals surface area contributed by atoms with Crippen LogP contribution in [0.3, 0.4) is 0 Å². The third kappa shape index (κ3) is 2.35. The fourth-order valence-corrected chi connectivity index (χ4v) is 3.66. The van der Waals surface area contributed by atoms with Crippen molar-refractivity contribution in [3.05, 3.63) is 10.5 Å². The fourth-order valence-electron chi connectivity index (χ4n) is 1.85. The first-order chi connectivity index (χ1) is 6.79. The lowest BCUT2D eigenvalue weighted by molar-refractivity contribution is 0.767. The molecule has 2 rings (SSSR count). The molecule has 1 fully saturated rings. The van der Waals surface area contributed by atoms with E-state index in [9.17, 15) is 0 Å². The highest BCUT2D eigenvalue weighted by molar-refractivity contribution is 7.99. The summed E-state index contributed by atoms with van der Waals surface area (Å²) >= 11 is 9.30. The predicted molar refractivity (Wildman–Crippen MR) is 65.7 cm³/mol. The van der Waals surface area contributed by atoms with Crippen LogP contribution in [-0.2, 0) is 0 Å². The average Bonchev–Trinajstić information content (AvgIpc) is 2.76. The van der Waals surface area contributed by atoms with E-state index >= 15 is 0 Å². The fraction of sp³-hybridized carbons (Fsp3) is 0.667. The first-order valence-corrected chi connectivity index (χ1v) is 7.18. The van der Waals surface area contributed by atoms with E-state index in [-0.39, 0.29) is 0 Å². The quantitative estimate of drug-likeness (QED) is 0.887. The molecule has 1 aliphatic carbocycles. The molecule has 0 amide bonds. The lowest BCUT2D eigenvalue weighted by Crippen LogP contribution is -2.25. The molecule has 0 spiro atoms. The van der Waals surface area contributed by atoms with Crippen LogP contribution in [0.2, 0.25) is 4.34 Å². The van der Waals surface area contributed by atoms with Gasteiger partial charge in [0.2, 0.25) is 0 Å². The molecule has 0 bridgehead atoms. The van der Waals surface area contributed by atoms with E-state index in [4.69, 9.17) is 11.6 Å². The number of rotatable bonds is 3. The second kappa shape index (κ2) is 4.73. The van der Waals surface area contributed by atoms with Crippen molar-refractivity contribution in [3.8, 4) is 0 Å². The molecule has 0 radical (unpaired) electrons. The number of hydrogen-bond acceptors (Lipinski definition) is 4. The van der Waals surface area contributed by atoms with Gasteiger partial charge in [-0.3, -0.25) is 0 Å². The molecule has 1 aliphatic rings. The zero-order valence-corrected chi connectivity index (χ0v) is 10.4. The van der Waals surface area contributed by atoms with E-state index in [0.29, 0.717) is 6.04 Å². The normalized spacial score (nSPS) is 26.7. The standard InChI is InChI=1S/C9H13ClN2S2/c1-13-7-4-2-3-6(7)12-9-11-5-8(10)14-9/h5-7H,2-4H2,1H3,(H,11,12). The molecule has 1 heterocycles. The molecule has 78 valence electrons. The molecule has 1 N–H and O–H groups in total. The van der Waals surface area contributed by atoms with Crippen molar-refractivity contribution in [1.29, 1.82) is 0 Å². The first kappa shape index (κ1) is 10.6. The molecule has 0 aromatic carbocycles. The van der Waals surface area contributed by atoms with E-state index in [1.807, 2.05) is 11.8 Å². The molecule has 1 saturated carbocycles. The zero-order chi connectivity index (χ0) is 9.97. The Morgan fingerprint density at radius 2 is 2.50 bits per heavy atom. The van der Waals surface area contributed by atoms with Gasteiger partial charge in [-0.15, -0.1) is 0 Å². The maximum atomic E-state index is 5.83. The Balaban J connectivity index is 1.96. The molecule has 5 heteroatoms. The van der Waals surface area contributed by atoms with E-state index in [1.54, 1.807) is 6.20 Å². The number of hydrogen-bond donors (Lipinski definition) is 1. The number of nitrogens with zero attached hydrogens (tertiary/aromatic N) is 1. The van der Waals surface area contributed by atoms with Crippen molar-refractivity contribution in [2.75, 3.05) is 11.6 Å². The summed E-state index contributed by atoms with van der Waals surface area (Å²) in [6.07, 6.45) is 7.78. The smallest absolute Gasteiger partial charge is 0.184 e. The maximum Gasteiger partial charge on any atom is 0.184 e. The van der Waals surface area contributed by atoms with Crippen molar-refractivity contribution in [3.63, 3.8) is 0 Å². The molecular weight excluding hydrogens is 236 g/mol. The SMILES string of the molecule is CSC1CCCC1Nc1ncc(Cl)s1. The Labute approximate surface area is 97.5 Å². The minimum absolute atomic E-state index is 0.576. The molecule has 0 saturated heterocycles. The average molecular weight is 249 g/mol. The third-order valence-corrected chi connectivity index (χ3v) is 4.76. The van der Waals surface area contributed by atoms with Crippen LogP contribution in [0.15, 0.2) is 6.20 Å². The minimum Gasteiger partial charge on any atom is -0.358 e. The Morgan fingerprint density at radius 1 is 1.64 bits per heavy atom. The van der Waals surface area contributed by atoms with Crippen molar-refractivity contribution >= 4 is 39.8 Å². The highest BCUT2D eigenvalue weighted by Crippen LogP contribution is 2.32. The first-order valence-electron chi connectivity index (χ1n) is 4.70. The topological polar surface area (TPSA) is 24.9 Å². The van der Waals surface area contributed by atoms with Crippen LogP contribution in [0.4, 0.5) is 5.13 Å². The van der Waals surface area contributed by atoms with Crippen molar-refractivity contribution < 1.29 is 0 Å². The maximum absolute atomic E-state index is 5.83. The number of nitrogens with one attached hydrogen (secondary N) is 1. The Morgan fingerprint density at radius 3 is 3.14 bits per heavy atom. The lowest BCUT2D eigenvalue weighted by atomic mass is 10.2. The summed E-state index contributed by atoms with van der Waals surface area (Å²) in [5.41, 5.74) is 0. The van der Waals surface area contributed by atoms with E-state index in [0.717, 1.165) is 14.7 Å². The Kier molecular flexibility index (Phi) is 3.57. The highest BCUT2D eigenvalue weighted by Gasteiger charge is 2.26. The molecule has 2 atom stereocenters. The lowest BCUT2D eigenvalue weighted by Gasteiger charge is -2.18. The molecular formula is C9H13ClN2S2. The Hall–Kier alpha value is 0.0700.